The molecular weight excluding hydrogens is 374 g/mol. The number of halogens is 2. The van der Waals surface area contributed by atoms with E-state index < -0.39 is 0 Å². The Bertz CT molecular complexity index is 554. The standard InChI is InChI=1S/C14H15Br2NO2/c1-3-18-12-5-4-9(15)8-11(12)13(17-2)10-6-7-19-14(10)16/h4-8,13,17H,3H2,1-2H3. The lowest BCUT2D eigenvalue weighted by molar-refractivity contribution is 0.334. The molecular formula is C14H15Br2NO2. The van der Waals surface area contributed by atoms with Gasteiger partial charge in [0.2, 0.25) is 0 Å². The Hall–Kier alpha value is -0.780. The first-order valence-electron chi connectivity index (χ1n) is 5.99. The largest absolute Gasteiger partial charge is 0.494 e. The summed E-state index contributed by atoms with van der Waals surface area (Å²) in [5.41, 5.74) is 2.11. The maximum Gasteiger partial charge on any atom is 0.174 e. The summed E-state index contributed by atoms with van der Waals surface area (Å²) < 4.78 is 12.8. The quantitative estimate of drug-likeness (QED) is 0.817. The Kier molecular flexibility index (Phi) is 5.07. The van der Waals surface area contributed by atoms with Crippen molar-refractivity contribution < 1.29 is 9.15 Å². The molecule has 1 aromatic carbocycles. The van der Waals surface area contributed by atoms with E-state index >= 15 is 0 Å². The lowest BCUT2D eigenvalue weighted by Crippen LogP contribution is -2.18. The maximum atomic E-state index is 5.71. The summed E-state index contributed by atoms with van der Waals surface area (Å²) in [5, 5.41) is 3.30. The summed E-state index contributed by atoms with van der Waals surface area (Å²) in [4.78, 5) is 0. The highest BCUT2D eigenvalue weighted by atomic mass is 79.9. The molecule has 0 spiro atoms. The van der Waals surface area contributed by atoms with E-state index in [2.05, 4.69) is 43.2 Å². The van der Waals surface area contributed by atoms with Crippen LogP contribution in [-0.4, -0.2) is 13.7 Å². The van der Waals surface area contributed by atoms with Crippen LogP contribution in [0.15, 0.2) is 44.1 Å². The van der Waals surface area contributed by atoms with Crippen LogP contribution in [0.1, 0.15) is 24.1 Å². The van der Waals surface area contributed by atoms with Gasteiger partial charge in [0.15, 0.2) is 4.67 Å². The molecule has 1 heterocycles. The Morgan fingerprint density at radius 3 is 2.63 bits per heavy atom. The molecule has 0 fully saturated rings. The third-order valence-corrected chi connectivity index (χ3v) is 3.97. The van der Waals surface area contributed by atoms with Gasteiger partial charge >= 0.3 is 0 Å². The van der Waals surface area contributed by atoms with Gasteiger partial charge in [0, 0.05) is 15.6 Å². The van der Waals surface area contributed by atoms with E-state index in [1.165, 1.54) is 0 Å². The molecule has 0 aliphatic carbocycles. The van der Waals surface area contributed by atoms with E-state index in [0.717, 1.165) is 26.0 Å². The van der Waals surface area contributed by atoms with Crippen molar-refractivity contribution in [3.63, 3.8) is 0 Å². The highest BCUT2D eigenvalue weighted by Crippen LogP contribution is 2.35. The molecule has 0 radical (unpaired) electrons. The monoisotopic (exact) mass is 387 g/mol. The van der Waals surface area contributed by atoms with Crippen molar-refractivity contribution >= 4 is 31.9 Å². The number of hydrogen-bond acceptors (Lipinski definition) is 3. The Morgan fingerprint density at radius 1 is 1.26 bits per heavy atom. The maximum absolute atomic E-state index is 5.71. The van der Waals surface area contributed by atoms with E-state index in [1.807, 2.05) is 32.2 Å². The van der Waals surface area contributed by atoms with Gasteiger partial charge in [-0.05, 0) is 54.2 Å². The van der Waals surface area contributed by atoms with Gasteiger partial charge in [0.25, 0.3) is 0 Å². The summed E-state index contributed by atoms with van der Waals surface area (Å²) >= 11 is 6.94. The normalized spacial score (nSPS) is 12.4. The van der Waals surface area contributed by atoms with Crippen LogP contribution >= 0.6 is 31.9 Å². The number of furan rings is 1. The predicted octanol–water partition coefficient (Wildman–Crippen LogP) is 4.51. The number of benzene rings is 1. The van der Waals surface area contributed by atoms with E-state index in [1.54, 1.807) is 6.26 Å². The SMILES string of the molecule is CCOc1ccc(Br)cc1C(NC)c1ccoc1Br. The molecule has 0 bridgehead atoms. The van der Waals surface area contributed by atoms with Crippen molar-refractivity contribution in [2.45, 2.75) is 13.0 Å². The zero-order chi connectivity index (χ0) is 13.8. The fraction of sp³-hybridized carbons (Fsp3) is 0.286. The van der Waals surface area contributed by atoms with Crippen LogP contribution in [0.25, 0.3) is 0 Å². The van der Waals surface area contributed by atoms with Gasteiger partial charge in [0.1, 0.15) is 5.75 Å². The minimum atomic E-state index is 0.00664. The average molecular weight is 389 g/mol. The van der Waals surface area contributed by atoms with Gasteiger partial charge in [-0.15, -0.1) is 0 Å². The average Bonchev–Trinajstić information content (AvgIpc) is 2.80. The van der Waals surface area contributed by atoms with E-state index in [-0.39, 0.29) is 6.04 Å². The van der Waals surface area contributed by atoms with Gasteiger partial charge in [-0.1, -0.05) is 15.9 Å². The van der Waals surface area contributed by atoms with Crippen LogP contribution in [0.4, 0.5) is 0 Å². The number of rotatable bonds is 5. The van der Waals surface area contributed by atoms with Crippen LogP contribution in [0, 0.1) is 0 Å². The Balaban J connectivity index is 2.48. The third-order valence-electron chi connectivity index (χ3n) is 2.83. The summed E-state index contributed by atoms with van der Waals surface area (Å²) in [6, 6.07) is 7.97. The lowest BCUT2D eigenvalue weighted by atomic mass is 10.0. The highest BCUT2D eigenvalue weighted by Gasteiger charge is 2.21. The number of hydrogen-bond donors (Lipinski definition) is 1. The molecule has 19 heavy (non-hydrogen) atoms. The van der Waals surface area contributed by atoms with Gasteiger partial charge in [-0.3, -0.25) is 0 Å². The molecule has 0 amide bonds. The molecule has 2 aromatic rings. The fourth-order valence-corrected chi connectivity index (χ4v) is 2.87. The molecule has 1 N–H and O–H groups in total. The summed E-state index contributed by atoms with van der Waals surface area (Å²) in [6.07, 6.45) is 1.67. The smallest absolute Gasteiger partial charge is 0.174 e. The van der Waals surface area contributed by atoms with Crippen molar-refractivity contribution in [2.24, 2.45) is 0 Å². The second-order valence-corrected chi connectivity index (χ2v) is 5.62. The van der Waals surface area contributed by atoms with Crippen LogP contribution in [-0.2, 0) is 0 Å². The third kappa shape index (κ3) is 3.22. The van der Waals surface area contributed by atoms with Crippen LogP contribution in [0.3, 0.4) is 0 Å². The molecule has 1 aromatic heterocycles. The predicted molar refractivity (Wildman–Crippen MR) is 82.6 cm³/mol. The number of nitrogens with one attached hydrogen (secondary N) is 1. The first-order chi connectivity index (χ1) is 9.17. The minimum Gasteiger partial charge on any atom is -0.494 e. The summed E-state index contributed by atoms with van der Waals surface area (Å²) in [7, 11) is 1.92. The lowest BCUT2D eigenvalue weighted by Gasteiger charge is -2.19. The molecule has 2 rings (SSSR count). The van der Waals surface area contributed by atoms with Crippen LogP contribution < -0.4 is 10.1 Å². The molecule has 1 atom stereocenters. The number of ether oxygens (including phenoxy) is 1. The zero-order valence-corrected chi connectivity index (χ0v) is 13.9. The molecule has 5 heteroatoms. The summed E-state index contributed by atoms with van der Waals surface area (Å²) in [5.74, 6) is 0.873. The minimum absolute atomic E-state index is 0.00664. The van der Waals surface area contributed by atoms with Gasteiger partial charge in [-0.2, -0.15) is 0 Å². The molecule has 3 nitrogen and oxygen atoms in total. The molecule has 102 valence electrons. The Morgan fingerprint density at radius 2 is 2.05 bits per heavy atom. The topological polar surface area (TPSA) is 34.4 Å². The zero-order valence-electron chi connectivity index (χ0n) is 10.7. The highest BCUT2D eigenvalue weighted by molar-refractivity contribution is 9.10. The first kappa shape index (κ1) is 14.6. The van der Waals surface area contributed by atoms with Crippen molar-refractivity contribution in [1.29, 1.82) is 0 Å². The van der Waals surface area contributed by atoms with E-state index in [9.17, 15) is 0 Å². The van der Waals surface area contributed by atoms with Crippen molar-refractivity contribution in [3.8, 4) is 5.75 Å². The summed E-state index contributed by atoms with van der Waals surface area (Å²) in [6.45, 7) is 2.62. The van der Waals surface area contributed by atoms with Crippen molar-refractivity contribution in [3.05, 3.63) is 50.8 Å². The molecule has 0 aliphatic rings. The second-order valence-electron chi connectivity index (χ2n) is 3.99. The Labute approximate surface area is 129 Å². The fourth-order valence-electron chi connectivity index (χ4n) is 2.02. The van der Waals surface area contributed by atoms with Gasteiger partial charge < -0.3 is 14.5 Å². The first-order valence-corrected chi connectivity index (χ1v) is 7.58. The van der Waals surface area contributed by atoms with Gasteiger partial charge in [-0.25, -0.2) is 0 Å². The molecule has 0 saturated heterocycles. The molecule has 0 aliphatic heterocycles. The van der Waals surface area contributed by atoms with Crippen molar-refractivity contribution in [1.82, 2.24) is 5.32 Å². The van der Waals surface area contributed by atoms with Crippen LogP contribution in [0.2, 0.25) is 0 Å². The van der Waals surface area contributed by atoms with Crippen molar-refractivity contribution in [2.75, 3.05) is 13.7 Å². The van der Waals surface area contributed by atoms with E-state index in [0.29, 0.717) is 6.61 Å². The van der Waals surface area contributed by atoms with Gasteiger partial charge in [0.05, 0.1) is 18.9 Å². The van der Waals surface area contributed by atoms with E-state index in [4.69, 9.17) is 9.15 Å². The molecule has 1 unspecified atom stereocenters. The molecule has 0 saturated carbocycles. The van der Waals surface area contributed by atoms with Crippen LogP contribution in [0.5, 0.6) is 5.75 Å². The second kappa shape index (κ2) is 6.59.